The van der Waals surface area contributed by atoms with Gasteiger partial charge in [0.15, 0.2) is 0 Å². The molecule has 1 aliphatic rings. The maximum Gasteiger partial charge on any atom is 0.304 e. The zero-order valence-corrected chi connectivity index (χ0v) is 9.17. The Labute approximate surface area is 94.1 Å². The van der Waals surface area contributed by atoms with Gasteiger partial charge in [-0.3, -0.25) is 4.79 Å². The Kier molecular flexibility index (Phi) is 5.21. The SMILES string of the molecule is O=C(O)CCN(O)C1CCCCCC1=NO. The van der Waals surface area contributed by atoms with Gasteiger partial charge in [-0.15, -0.1) is 0 Å². The zero-order chi connectivity index (χ0) is 12.0. The van der Waals surface area contributed by atoms with Crippen molar-refractivity contribution in [1.29, 1.82) is 0 Å². The molecule has 1 saturated carbocycles. The van der Waals surface area contributed by atoms with Crippen LogP contribution in [0, 0.1) is 0 Å². The summed E-state index contributed by atoms with van der Waals surface area (Å²) in [7, 11) is 0. The monoisotopic (exact) mass is 230 g/mol. The molecule has 0 bridgehead atoms. The molecule has 6 heteroatoms. The highest BCUT2D eigenvalue weighted by Crippen LogP contribution is 2.19. The largest absolute Gasteiger partial charge is 0.481 e. The van der Waals surface area contributed by atoms with Gasteiger partial charge in [0.1, 0.15) is 0 Å². The summed E-state index contributed by atoms with van der Waals surface area (Å²) in [6, 6.07) is -0.341. The third-order valence-electron chi connectivity index (χ3n) is 2.84. The molecular formula is C10H18N2O4. The van der Waals surface area contributed by atoms with Gasteiger partial charge < -0.3 is 15.5 Å². The molecule has 0 aromatic heterocycles. The second-order valence-corrected chi connectivity index (χ2v) is 4.01. The van der Waals surface area contributed by atoms with Gasteiger partial charge in [-0.1, -0.05) is 18.0 Å². The number of rotatable bonds is 4. The molecule has 16 heavy (non-hydrogen) atoms. The van der Waals surface area contributed by atoms with Crippen LogP contribution in [0.25, 0.3) is 0 Å². The fourth-order valence-electron chi connectivity index (χ4n) is 1.96. The van der Waals surface area contributed by atoms with Crippen LogP contribution in [0.15, 0.2) is 5.16 Å². The number of nitrogens with zero attached hydrogens (tertiary/aromatic N) is 2. The molecule has 0 spiro atoms. The van der Waals surface area contributed by atoms with Crippen LogP contribution in [0.5, 0.6) is 0 Å². The lowest BCUT2D eigenvalue weighted by molar-refractivity contribution is -0.144. The molecule has 1 unspecified atom stereocenters. The molecule has 0 radical (unpaired) electrons. The van der Waals surface area contributed by atoms with Gasteiger partial charge >= 0.3 is 5.97 Å². The number of hydroxylamine groups is 2. The molecule has 0 heterocycles. The van der Waals surface area contributed by atoms with Crippen LogP contribution in [0.3, 0.4) is 0 Å². The van der Waals surface area contributed by atoms with Crippen LogP contribution in [-0.2, 0) is 4.79 Å². The van der Waals surface area contributed by atoms with E-state index in [2.05, 4.69) is 5.16 Å². The predicted octanol–water partition coefficient (Wildman–Crippen LogP) is 1.32. The Morgan fingerprint density at radius 2 is 2.19 bits per heavy atom. The quantitative estimate of drug-likeness (QED) is 0.384. The lowest BCUT2D eigenvalue weighted by atomic mass is 10.1. The molecule has 92 valence electrons. The number of oxime groups is 1. The van der Waals surface area contributed by atoms with Gasteiger partial charge in [0.2, 0.25) is 0 Å². The van der Waals surface area contributed by atoms with Crippen molar-refractivity contribution in [3.63, 3.8) is 0 Å². The Balaban J connectivity index is 2.55. The van der Waals surface area contributed by atoms with Crippen molar-refractivity contribution in [2.45, 2.75) is 44.6 Å². The van der Waals surface area contributed by atoms with Gasteiger partial charge in [0.25, 0.3) is 0 Å². The minimum absolute atomic E-state index is 0.0546. The summed E-state index contributed by atoms with van der Waals surface area (Å²) in [6.45, 7) is 0.0546. The van der Waals surface area contributed by atoms with E-state index >= 15 is 0 Å². The lowest BCUT2D eigenvalue weighted by Gasteiger charge is -2.24. The van der Waals surface area contributed by atoms with E-state index in [9.17, 15) is 10.0 Å². The van der Waals surface area contributed by atoms with E-state index in [1.807, 2.05) is 0 Å². The highest BCUT2D eigenvalue weighted by Gasteiger charge is 2.25. The summed E-state index contributed by atoms with van der Waals surface area (Å²) >= 11 is 0. The minimum Gasteiger partial charge on any atom is -0.481 e. The molecule has 1 rings (SSSR count). The molecule has 1 aliphatic carbocycles. The number of carboxylic acids is 1. The normalized spacial score (nSPS) is 24.6. The fourth-order valence-corrected chi connectivity index (χ4v) is 1.96. The molecule has 0 saturated heterocycles. The average Bonchev–Trinajstić information content (AvgIpc) is 2.50. The van der Waals surface area contributed by atoms with Crippen molar-refractivity contribution in [2.75, 3.05) is 6.54 Å². The third-order valence-corrected chi connectivity index (χ3v) is 2.84. The van der Waals surface area contributed by atoms with E-state index in [1.54, 1.807) is 0 Å². The summed E-state index contributed by atoms with van der Waals surface area (Å²) in [5, 5.41) is 31.3. The standard InChI is InChI=1S/C10H18N2O4/c13-10(14)6-7-12(16)9-5-3-1-2-4-8(9)11-15/h9,15-16H,1-7H2,(H,13,14). The number of hydrogen-bond donors (Lipinski definition) is 3. The van der Waals surface area contributed by atoms with E-state index in [-0.39, 0.29) is 19.0 Å². The average molecular weight is 230 g/mol. The van der Waals surface area contributed by atoms with Crippen LogP contribution in [0.2, 0.25) is 0 Å². The molecular weight excluding hydrogens is 212 g/mol. The van der Waals surface area contributed by atoms with Crippen molar-refractivity contribution < 1.29 is 20.3 Å². The Hall–Kier alpha value is -1.14. The molecule has 3 N–H and O–H groups in total. The molecule has 6 nitrogen and oxygen atoms in total. The lowest BCUT2D eigenvalue weighted by Crippen LogP contribution is -2.39. The predicted molar refractivity (Wildman–Crippen MR) is 56.8 cm³/mol. The Bertz CT molecular complexity index is 268. The summed E-state index contributed by atoms with van der Waals surface area (Å²) in [4.78, 5) is 10.4. The summed E-state index contributed by atoms with van der Waals surface area (Å²) < 4.78 is 0. The van der Waals surface area contributed by atoms with Crippen LogP contribution in [0.4, 0.5) is 0 Å². The van der Waals surface area contributed by atoms with E-state index in [1.165, 1.54) is 0 Å². The Morgan fingerprint density at radius 1 is 1.44 bits per heavy atom. The van der Waals surface area contributed by atoms with Crippen molar-refractivity contribution in [3.05, 3.63) is 0 Å². The molecule has 0 aromatic rings. The van der Waals surface area contributed by atoms with Gasteiger partial charge in [-0.25, -0.2) is 0 Å². The molecule has 1 atom stereocenters. The van der Waals surface area contributed by atoms with Gasteiger partial charge in [-0.2, -0.15) is 5.06 Å². The molecule has 0 aromatic carbocycles. The van der Waals surface area contributed by atoms with Crippen LogP contribution in [-0.4, -0.2) is 44.9 Å². The second-order valence-electron chi connectivity index (χ2n) is 4.01. The number of carboxylic acid groups (broad SMARTS) is 1. The first-order chi connectivity index (χ1) is 7.65. The van der Waals surface area contributed by atoms with E-state index in [0.717, 1.165) is 24.3 Å². The first kappa shape index (κ1) is 12.9. The third kappa shape index (κ3) is 3.79. The van der Waals surface area contributed by atoms with Crippen LogP contribution in [0.1, 0.15) is 38.5 Å². The van der Waals surface area contributed by atoms with Gasteiger partial charge in [0.05, 0.1) is 18.2 Å². The zero-order valence-electron chi connectivity index (χ0n) is 9.17. The van der Waals surface area contributed by atoms with E-state index in [0.29, 0.717) is 18.6 Å². The van der Waals surface area contributed by atoms with Crippen molar-refractivity contribution in [3.8, 4) is 0 Å². The van der Waals surface area contributed by atoms with Crippen molar-refractivity contribution in [1.82, 2.24) is 5.06 Å². The minimum atomic E-state index is -0.949. The summed E-state index contributed by atoms with van der Waals surface area (Å²) in [5.74, 6) is -0.949. The van der Waals surface area contributed by atoms with Crippen molar-refractivity contribution >= 4 is 11.7 Å². The summed E-state index contributed by atoms with van der Waals surface area (Å²) in [5.41, 5.74) is 0.547. The number of hydrogen-bond acceptors (Lipinski definition) is 5. The number of carbonyl (C=O) groups is 1. The van der Waals surface area contributed by atoms with E-state index in [4.69, 9.17) is 10.3 Å². The fraction of sp³-hybridized carbons (Fsp3) is 0.800. The summed E-state index contributed by atoms with van der Waals surface area (Å²) in [6.07, 6.45) is 4.19. The molecule has 1 fully saturated rings. The molecule has 0 amide bonds. The van der Waals surface area contributed by atoms with Crippen LogP contribution >= 0.6 is 0 Å². The van der Waals surface area contributed by atoms with E-state index < -0.39 is 5.97 Å². The maximum absolute atomic E-state index is 10.4. The van der Waals surface area contributed by atoms with Gasteiger partial charge in [0, 0.05) is 6.54 Å². The first-order valence-corrected chi connectivity index (χ1v) is 5.53. The number of aliphatic carboxylic acids is 1. The highest BCUT2D eigenvalue weighted by atomic mass is 16.5. The maximum atomic E-state index is 10.4. The topological polar surface area (TPSA) is 93.4 Å². The van der Waals surface area contributed by atoms with Gasteiger partial charge in [-0.05, 0) is 19.3 Å². The Morgan fingerprint density at radius 3 is 2.81 bits per heavy atom. The van der Waals surface area contributed by atoms with Crippen LogP contribution < -0.4 is 0 Å². The highest BCUT2D eigenvalue weighted by molar-refractivity contribution is 5.89. The second kappa shape index (κ2) is 6.44. The smallest absolute Gasteiger partial charge is 0.304 e. The first-order valence-electron chi connectivity index (χ1n) is 5.53. The molecule has 0 aliphatic heterocycles. The van der Waals surface area contributed by atoms with Crippen molar-refractivity contribution in [2.24, 2.45) is 5.16 Å².